The summed E-state index contributed by atoms with van der Waals surface area (Å²) in [5, 5.41) is 4.93. The van der Waals surface area contributed by atoms with E-state index in [9.17, 15) is 0 Å². The molecule has 13 heavy (non-hydrogen) atoms. The van der Waals surface area contributed by atoms with E-state index in [1.807, 2.05) is 24.3 Å². The average molecular weight is 217 g/mol. The molecule has 1 aliphatic rings. The highest BCUT2D eigenvalue weighted by Gasteiger charge is 2.07. The van der Waals surface area contributed by atoms with Crippen LogP contribution in [0.3, 0.4) is 0 Å². The maximum Gasteiger partial charge on any atom is 0.0693 e. The van der Waals surface area contributed by atoms with E-state index in [-0.39, 0.29) is 12.4 Å². The molecule has 0 unspecified atom stereocenters. The number of nitrogens with one attached hydrogen (secondary N) is 1. The summed E-state index contributed by atoms with van der Waals surface area (Å²) in [5.74, 6) is 0. The predicted molar refractivity (Wildman–Crippen MR) is 57.9 cm³/mol. The van der Waals surface area contributed by atoms with E-state index >= 15 is 0 Å². The zero-order valence-electron chi connectivity index (χ0n) is 6.96. The van der Waals surface area contributed by atoms with Crippen molar-refractivity contribution in [2.24, 2.45) is 5.10 Å². The molecule has 0 saturated carbocycles. The smallest absolute Gasteiger partial charge is 0.0693 e. The Morgan fingerprint density at radius 2 is 1.92 bits per heavy atom. The Balaban J connectivity index is 0.000000845. The molecule has 1 aliphatic heterocycles. The third-order valence-corrected chi connectivity index (χ3v) is 2.12. The van der Waals surface area contributed by atoms with Crippen molar-refractivity contribution in [1.29, 1.82) is 0 Å². The monoisotopic (exact) mass is 216 g/mol. The second-order valence-corrected chi connectivity index (χ2v) is 3.16. The normalized spacial score (nSPS) is 14.4. The fourth-order valence-electron chi connectivity index (χ4n) is 1.23. The lowest BCUT2D eigenvalue weighted by molar-refractivity contribution is 0.813. The quantitative estimate of drug-likeness (QED) is 0.767. The van der Waals surface area contributed by atoms with E-state index in [2.05, 4.69) is 10.5 Å². The minimum Gasteiger partial charge on any atom is -0.309 e. The van der Waals surface area contributed by atoms with E-state index in [4.69, 9.17) is 11.6 Å². The van der Waals surface area contributed by atoms with Gasteiger partial charge in [-0.1, -0.05) is 23.7 Å². The summed E-state index contributed by atoms with van der Waals surface area (Å²) in [5.41, 5.74) is 5.21. The number of hydrogen-bond donors (Lipinski definition) is 1. The maximum atomic E-state index is 5.76. The molecule has 1 aromatic rings. The zero-order valence-corrected chi connectivity index (χ0v) is 8.53. The molecule has 0 aromatic heterocycles. The predicted octanol–water partition coefficient (Wildman–Crippen LogP) is 2.46. The third kappa shape index (κ3) is 2.36. The van der Waals surface area contributed by atoms with E-state index in [0.717, 1.165) is 29.3 Å². The molecule has 0 fully saturated rings. The van der Waals surface area contributed by atoms with Crippen molar-refractivity contribution in [1.82, 2.24) is 5.43 Å². The van der Waals surface area contributed by atoms with Gasteiger partial charge in [0.15, 0.2) is 0 Å². The van der Waals surface area contributed by atoms with Gasteiger partial charge < -0.3 is 5.43 Å². The van der Waals surface area contributed by atoms with Crippen LogP contribution in [0.5, 0.6) is 0 Å². The van der Waals surface area contributed by atoms with Gasteiger partial charge in [-0.3, -0.25) is 0 Å². The van der Waals surface area contributed by atoms with Gasteiger partial charge in [0.25, 0.3) is 0 Å². The molecule has 0 atom stereocenters. The van der Waals surface area contributed by atoms with Crippen molar-refractivity contribution in [3.63, 3.8) is 0 Å². The summed E-state index contributed by atoms with van der Waals surface area (Å²) in [7, 11) is 0. The lowest BCUT2D eigenvalue weighted by Crippen LogP contribution is -1.97. The third-order valence-electron chi connectivity index (χ3n) is 1.87. The van der Waals surface area contributed by atoms with Crippen molar-refractivity contribution in [3.8, 4) is 0 Å². The first kappa shape index (κ1) is 10.4. The van der Waals surface area contributed by atoms with Gasteiger partial charge in [-0.25, -0.2) is 0 Å². The fraction of sp³-hybridized carbons (Fsp3) is 0.222. The number of nitrogens with zero attached hydrogens (tertiary/aromatic N) is 1. The number of benzene rings is 1. The lowest BCUT2D eigenvalue weighted by Gasteiger charge is -1.97. The van der Waals surface area contributed by atoms with Crippen LogP contribution in [0.4, 0.5) is 0 Å². The Hall–Kier alpha value is -0.730. The van der Waals surface area contributed by atoms with Crippen LogP contribution in [-0.2, 0) is 0 Å². The summed E-state index contributed by atoms with van der Waals surface area (Å²) in [6.07, 6.45) is 1.00. The molecule has 1 heterocycles. The minimum atomic E-state index is 0. The van der Waals surface area contributed by atoms with E-state index in [1.54, 1.807) is 0 Å². The molecular formula is C9H10Cl2N2. The largest absolute Gasteiger partial charge is 0.309 e. The topological polar surface area (TPSA) is 24.4 Å². The molecule has 0 amide bonds. The minimum absolute atomic E-state index is 0. The van der Waals surface area contributed by atoms with Gasteiger partial charge >= 0.3 is 0 Å². The molecule has 2 nitrogen and oxygen atoms in total. The van der Waals surface area contributed by atoms with Crippen molar-refractivity contribution < 1.29 is 0 Å². The first-order chi connectivity index (χ1) is 5.86. The van der Waals surface area contributed by atoms with Crippen LogP contribution >= 0.6 is 24.0 Å². The number of rotatable bonds is 1. The molecule has 2 rings (SSSR count). The average Bonchev–Trinajstić information content (AvgIpc) is 2.58. The summed E-state index contributed by atoms with van der Waals surface area (Å²) in [6.45, 7) is 0.942. The van der Waals surface area contributed by atoms with Crippen LogP contribution in [0.25, 0.3) is 0 Å². The summed E-state index contributed by atoms with van der Waals surface area (Å²) in [6, 6.07) is 7.76. The summed E-state index contributed by atoms with van der Waals surface area (Å²) < 4.78 is 0. The highest BCUT2D eigenvalue weighted by Crippen LogP contribution is 2.12. The standard InChI is InChI=1S/C9H9ClN2.ClH/c10-8-3-1-7(2-4-8)9-5-6-11-12-9;/h1-4,11H,5-6H2;1H. The van der Waals surface area contributed by atoms with Crippen molar-refractivity contribution in [3.05, 3.63) is 34.9 Å². The van der Waals surface area contributed by atoms with Crippen molar-refractivity contribution in [2.75, 3.05) is 6.54 Å². The first-order valence-electron chi connectivity index (χ1n) is 3.91. The van der Waals surface area contributed by atoms with Gasteiger partial charge in [0.2, 0.25) is 0 Å². The number of halogens is 2. The van der Waals surface area contributed by atoms with Crippen LogP contribution in [-0.4, -0.2) is 12.3 Å². The van der Waals surface area contributed by atoms with Crippen LogP contribution in [0, 0.1) is 0 Å². The van der Waals surface area contributed by atoms with Gasteiger partial charge in [0.1, 0.15) is 0 Å². The SMILES string of the molecule is Cl.Clc1ccc(C2=NNCC2)cc1. The molecule has 0 aliphatic carbocycles. The Labute approximate surface area is 88.4 Å². The van der Waals surface area contributed by atoms with Gasteiger partial charge in [0, 0.05) is 18.0 Å². The highest BCUT2D eigenvalue weighted by atomic mass is 35.5. The molecule has 0 spiro atoms. The summed E-state index contributed by atoms with van der Waals surface area (Å²) in [4.78, 5) is 0. The zero-order chi connectivity index (χ0) is 8.39. The first-order valence-corrected chi connectivity index (χ1v) is 4.29. The maximum absolute atomic E-state index is 5.76. The van der Waals surface area contributed by atoms with Gasteiger partial charge in [-0.05, 0) is 17.7 Å². The Morgan fingerprint density at radius 1 is 1.23 bits per heavy atom. The van der Waals surface area contributed by atoms with Crippen molar-refractivity contribution in [2.45, 2.75) is 6.42 Å². The van der Waals surface area contributed by atoms with Gasteiger partial charge in [0.05, 0.1) is 5.71 Å². The Kier molecular flexibility index (Phi) is 3.58. The molecule has 70 valence electrons. The van der Waals surface area contributed by atoms with Gasteiger partial charge in [-0.2, -0.15) is 5.10 Å². The number of hydrogen-bond acceptors (Lipinski definition) is 2. The molecule has 1 N–H and O–H groups in total. The number of hydrazone groups is 1. The molecule has 0 saturated heterocycles. The lowest BCUT2D eigenvalue weighted by atomic mass is 10.1. The Bertz CT molecular complexity index is 306. The molecule has 4 heteroatoms. The van der Waals surface area contributed by atoms with Crippen LogP contribution in [0.15, 0.2) is 29.4 Å². The van der Waals surface area contributed by atoms with Crippen molar-refractivity contribution >= 4 is 29.7 Å². The summed E-state index contributed by atoms with van der Waals surface area (Å²) >= 11 is 5.76. The van der Waals surface area contributed by atoms with E-state index < -0.39 is 0 Å². The highest BCUT2D eigenvalue weighted by molar-refractivity contribution is 6.30. The van der Waals surface area contributed by atoms with Crippen LogP contribution in [0.2, 0.25) is 5.02 Å². The van der Waals surface area contributed by atoms with Crippen LogP contribution < -0.4 is 5.43 Å². The van der Waals surface area contributed by atoms with E-state index in [1.165, 1.54) is 0 Å². The molecular weight excluding hydrogens is 207 g/mol. The second-order valence-electron chi connectivity index (χ2n) is 2.72. The molecule has 0 radical (unpaired) electrons. The molecule has 1 aromatic carbocycles. The van der Waals surface area contributed by atoms with Gasteiger partial charge in [-0.15, -0.1) is 12.4 Å². The Morgan fingerprint density at radius 3 is 2.46 bits per heavy atom. The molecule has 0 bridgehead atoms. The second kappa shape index (κ2) is 4.49. The van der Waals surface area contributed by atoms with E-state index in [0.29, 0.717) is 0 Å². The van der Waals surface area contributed by atoms with Crippen LogP contribution in [0.1, 0.15) is 12.0 Å². The fourth-order valence-corrected chi connectivity index (χ4v) is 1.36.